The highest BCUT2D eigenvalue weighted by molar-refractivity contribution is 5.17. The minimum atomic E-state index is -0.270. The molecule has 0 fully saturated rings. The summed E-state index contributed by atoms with van der Waals surface area (Å²) in [4.78, 5) is 4.32. The van der Waals surface area contributed by atoms with Crippen LogP contribution in [-0.4, -0.2) is 11.7 Å². The van der Waals surface area contributed by atoms with Crippen LogP contribution in [0.3, 0.4) is 0 Å². The fourth-order valence-corrected chi connectivity index (χ4v) is 1.31. The largest absolute Gasteiger partial charge is 0.261 e. The molecule has 0 aromatic carbocycles. The van der Waals surface area contributed by atoms with Gasteiger partial charge in [0.25, 0.3) is 0 Å². The van der Waals surface area contributed by atoms with E-state index in [0.29, 0.717) is 5.92 Å². The Kier molecular flexibility index (Phi) is 4.05. The lowest BCUT2D eigenvalue weighted by molar-refractivity contribution is 0.379. The molecular weight excluding hydrogens is 177 g/mol. The van der Waals surface area contributed by atoms with Crippen LogP contribution < -0.4 is 0 Å². The maximum Gasteiger partial charge on any atom is 0.0923 e. The van der Waals surface area contributed by atoms with Gasteiger partial charge < -0.3 is 0 Å². The van der Waals surface area contributed by atoms with Gasteiger partial charge in [-0.15, -0.1) is 0 Å². The van der Waals surface area contributed by atoms with Crippen molar-refractivity contribution < 1.29 is 4.39 Å². The molecule has 0 aliphatic carbocycles. The summed E-state index contributed by atoms with van der Waals surface area (Å²) in [5.41, 5.74) is 2.22. The van der Waals surface area contributed by atoms with Crippen LogP contribution in [0.25, 0.3) is 0 Å². The van der Waals surface area contributed by atoms with E-state index in [0.717, 1.165) is 12.1 Å². The SMILES string of the molecule is CC(CF)Cc1ccc(C(C)C)cn1. The molecule has 0 saturated heterocycles. The number of pyridine rings is 1. The van der Waals surface area contributed by atoms with Gasteiger partial charge >= 0.3 is 0 Å². The van der Waals surface area contributed by atoms with Gasteiger partial charge in [0, 0.05) is 11.9 Å². The van der Waals surface area contributed by atoms with E-state index < -0.39 is 0 Å². The summed E-state index contributed by atoms with van der Waals surface area (Å²) in [6.45, 7) is 5.91. The summed E-state index contributed by atoms with van der Waals surface area (Å²) in [6, 6.07) is 4.08. The van der Waals surface area contributed by atoms with Crippen LogP contribution in [0, 0.1) is 5.92 Å². The summed E-state index contributed by atoms with van der Waals surface area (Å²) in [6.07, 6.45) is 2.62. The molecule has 0 amide bonds. The number of alkyl halides is 1. The summed E-state index contributed by atoms with van der Waals surface area (Å²) in [5.74, 6) is 0.586. The van der Waals surface area contributed by atoms with Gasteiger partial charge in [-0.05, 0) is 29.9 Å². The van der Waals surface area contributed by atoms with E-state index >= 15 is 0 Å². The van der Waals surface area contributed by atoms with Crippen molar-refractivity contribution in [2.24, 2.45) is 5.92 Å². The number of nitrogens with zero attached hydrogens (tertiary/aromatic N) is 1. The Hall–Kier alpha value is -0.920. The van der Waals surface area contributed by atoms with Gasteiger partial charge in [0.2, 0.25) is 0 Å². The second kappa shape index (κ2) is 5.08. The molecule has 0 N–H and O–H groups in total. The predicted octanol–water partition coefficient (Wildman–Crippen LogP) is 3.35. The second-order valence-corrected chi connectivity index (χ2v) is 4.20. The van der Waals surface area contributed by atoms with Crippen LogP contribution in [-0.2, 0) is 6.42 Å². The molecule has 1 heterocycles. The molecule has 1 rings (SSSR count). The first-order chi connectivity index (χ1) is 6.63. The number of rotatable bonds is 4. The highest BCUT2D eigenvalue weighted by Gasteiger charge is 2.05. The number of hydrogen-bond acceptors (Lipinski definition) is 1. The van der Waals surface area contributed by atoms with Gasteiger partial charge in [0.1, 0.15) is 0 Å². The molecule has 0 bridgehead atoms. The fraction of sp³-hybridized carbons (Fsp3) is 0.583. The molecule has 0 saturated carbocycles. The molecule has 2 heteroatoms. The smallest absolute Gasteiger partial charge is 0.0923 e. The van der Waals surface area contributed by atoms with Gasteiger partial charge in [-0.25, -0.2) is 0 Å². The Balaban J connectivity index is 2.64. The zero-order valence-corrected chi connectivity index (χ0v) is 9.13. The van der Waals surface area contributed by atoms with E-state index in [1.807, 2.05) is 19.2 Å². The zero-order chi connectivity index (χ0) is 10.6. The van der Waals surface area contributed by atoms with Gasteiger partial charge in [-0.1, -0.05) is 26.8 Å². The Bertz CT molecular complexity index is 266. The van der Waals surface area contributed by atoms with Crippen molar-refractivity contribution in [2.75, 3.05) is 6.67 Å². The van der Waals surface area contributed by atoms with Crippen molar-refractivity contribution in [3.63, 3.8) is 0 Å². The van der Waals surface area contributed by atoms with E-state index in [1.54, 1.807) is 0 Å². The van der Waals surface area contributed by atoms with Crippen molar-refractivity contribution in [3.8, 4) is 0 Å². The average Bonchev–Trinajstić information content (AvgIpc) is 2.18. The summed E-state index contributed by atoms with van der Waals surface area (Å²) >= 11 is 0. The minimum absolute atomic E-state index is 0.0763. The molecule has 0 aliphatic rings. The third-order valence-corrected chi connectivity index (χ3v) is 2.34. The number of aromatic nitrogens is 1. The predicted molar refractivity (Wildman–Crippen MR) is 57.2 cm³/mol. The first-order valence-corrected chi connectivity index (χ1v) is 5.14. The third kappa shape index (κ3) is 3.09. The van der Waals surface area contributed by atoms with Gasteiger partial charge in [0.05, 0.1) is 6.67 Å². The van der Waals surface area contributed by atoms with Crippen molar-refractivity contribution in [2.45, 2.75) is 33.1 Å². The summed E-state index contributed by atoms with van der Waals surface area (Å²) in [7, 11) is 0. The van der Waals surface area contributed by atoms with E-state index in [9.17, 15) is 4.39 Å². The van der Waals surface area contributed by atoms with Crippen molar-refractivity contribution in [1.29, 1.82) is 0 Å². The highest BCUT2D eigenvalue weighted by atomic mass is 19.1. The lowest BCUT2D eigenvalue weighted by Crippen LogP contribution is -2.03. The molecule has 14 heavy (non-hydrogen) atoms. The van der Waals surface area contributed by atoms with E-state index in [4.69, 9.17) is 0 Å². The summed E-state index contributed by atoms with van der Waals surface area (Å²) in [5, 5.41) is 0. The van der Waals surface area contributed by atoms with Crippen LogP contribution in [0.4, 0.5) is 4.39 Å². The van der Waals surface area contributed by atoms with Crippen LogP contribution >= 0.6 is 0 Å². The Morgan fingerprint density at radius 1 is 1.29 bits per heavy atom. The molecule has 0 aliphatic heterocycles. The lowest BCUT2D eigenvalue weighted by Gasteiger charge is -2.08. The normalized spacial score (nSPS) is 13.2. The maximum atomic E-state index is 12.3. The first-order valence-electron chi connectivity index (χ1n) is 5.14. The third-order valence-electron chi connectivity index (χ3n) is 2.34. The standard InChI is InChI=1S/C12H18FN/c1-9(2)11-4-5-12(14-8-11)6-10(3)7-13/h4-5,8-10H,6-7H2,1-3H3. The Labute approximate surface area is 85.4 Å². The number of hydrogen-bond donors (Lipinski definition) is 0. The Morgan fingerprint density at radius 2 is 2.00 bits per heavy atom. The van der Waals surface area contributed by atoms with Crippen molar-refractivity contribution >= 4 is 0 Å². The first kappa shape index (κ1) is 11.2. The van der Waals surface area contributed by atoms with E-state index in [2.05, 4.69) is 24.9 Å². The molecule has 78 valence electrons. The Morgan fingerprint density at radius 3 is 2.43 bits per heavy atom. The molecule has 1 aromatic rings. The molecule has 1 aromatic heterocycles. The summed E-state index contributed by atoms with van der Waals surface area (Å²) < 4.78 is 12.3. The molecule has 0 radical (unpaired) electrons. The van der Waals surface area contributed by atoms with Gasteiger partial charge in [-0.2, -0.15) is 0 Å². The second-order valence-electron chi connectivity index (χ2n) is 4.20. The molecule has 0 spiro atoms. The average molecular weight is 195 g/mol. The van der Waals surface area contributed by atoms with Crippen molar-refractivity contribution in [1.82, 2.24) is 4.98 Å². The van der Waals surface area contributed by atoms with E-state index in [1.165, 1.54) is 5.56 Å². The quantitative estimate of drug-likeness (QED) is 0.718. The zero-order valence-electron chi connectivity index (χ0n) is 9.13. The molecular formula is C12H18FN. The monoisotopic (exact) mass is 195 g/mol. The fourth-order valence-electron chi connectivity index (χ4n) is 1.31. The van der Waals surface area contributed by atoms with Crippen molar-refractivity contribution in [3.05, 3.63) is 29.6 Å². The highest BCUT2D eigenvalue weighted by Crippen LogP contribution is 2.14. The maximum absolute atomic E-state index is 12.3. The van der Waals surface area contributed by atoms with Crippen LogP contribution in [0.2, 0.25) is 0 Å². The van der Waals surface area contributed by atoms with Gasteiger partial charge in [-0.3, -0.25) is 9.37 Å². The number of halogens is 1. The van der Waals surface area contributed by atoms with Crippen LogP contribution in [0.5, 0.6) is 0 Å². The van der Waals surface area contributed by atoms with Gasteiger partial charge in [0.15, 0.2) is 0 Å². The van der Waals surface area contributed by atoms with E-state index in [-0.39, 0.29) is 12.6 Å². The molecule has 1 unspecified atom stereocenters. The van der Waals surface area contributed by atoms with Crippen LogP contribution in [0.1, 0.15) is 37.9 Å². The lowest BCUT2D eigenvalue weighted by atomic mass is 10.0. The minimum Gasteiger partial charge on any atom is -0.261 e. The van der Waals surface area contributed by atoms with Crippen LogP contribution in [0.15, 0.2) is 18.3 Å². The topological polar surface area (TPSA) is 12.9 Å². The molecule has 1 atom stereocenters. The molecule has 1 nitrogen and oxygen atoms in total.